The van der Waals surface area contributed by atoms with Crippen molar-refractivity contribution >= 4 is 29.3 Å². The second-order valence-electron chi connectivity index (χ2n) is 6.63. The minimum absolute atomic E-state index is 0.0939. The van der Waals surface area contributed by atoms with E-state index in [1.54, 1.807) is 11.8 Å². The number of nitrogens with zero attached hydrogens (tertiary/aromatic N) is 1. The van der Waals surface area contributed by atoms with Crippen LogP contribution < -0.4 is 5.32 Å². The number of carbonyl (C=O) groups excluding carboxylic acids is 1. The molecule has 0 aromatic heterocycles. The number of carbonyl (C=O) groups is 1. The Balaban J connectivity index is 1.39. The molecule has 2 aromatic rings. The molecule has 0 unspecified atom stereocenters. The zero-order valence-electron chi connectivity index (χ0n) is 14.9. The number of thioether (sulfide) groups is 1. The Labute approximate surface area is 165 Å². The summed E-state index contributed by atoms with van der Waals surface area (Å²) in [6.07, 6.45) is 3.13. The lowest BCUT2D eigenvalue weighted by molar-refractivity contribution is -0.120. The third-order valence-corrected chi connectivity index (χ3v) is 5.76. The number of rotatable bonds is 8. The van der Waals surface area contributed by atoms with Crippen molar-refractivity contribution in [1.82, 2.24) is 10.2 Å². The van der Waals surface area contributed by atoms with Gasteiger partial charge in [-0.1, -0.05) is 35.9 Å². The lowest BCUT2D eigenvalue weighted by Gasteiger charge is -2.15. The number of nitrogens with one attached hydrogen (secondary N) is 1. The molecule has 3 rings (SSSR count). The van der Waals surface area contributed by atoms with Crippen molar-refractivity contribution in [1.29, 1.82) is 0 Å². The molecule has 1 saturated heterocycles. The Morgan fingerprint density at radius 1 is 1.08 bits per heavy atom. The largest absolute Gasteiger partial charge is 0.352 e. The molecule has 1 aliphatic heterocycles. The molecule has 0 aliphatic carbocycles. The number of hydrogen-bond acceptors (Lipinski definition) is 3. The molecule has 1 N–H and O–H groups in total. The van der Waals surface area contributed by atoms with Gasteiger partial charge in [-0.25, -0.2) is 0 Å². The summed E-state index contributed by atoms with van der Waals surface area (Å²) < 4.78 is 0. The van der Waals surface area contributed by atoms with E-state index in [1.807, 2.05) is 24.3 Å². The van der Waals surface area contributed by atoms with Gasteiger partial charge in [0, 0.05) is 35.2 Å². The van der Waals surface area contributed by atoms with Gasteiger partial charge in [0.1, 0.15) is 0 Å². The summed E-state index contributed by atoms with van der Waals surface area (Å²) in [5, 5.41) is 3.76. The third-order valence-electron chi connectivity index (χ3n) is 4.50. The molecular weight excluding hydrogens is 364 g/mol. The summed E-state index contributed by atoms with van der Waals surface area (Å²) in [6, 6.07) is 16.3. The molecule has 2 aromatic carbocycles. The molecule has 1 aliphatic rings. The zero-order valence-corrected chi connectivity index (χ0v) is 16.5. The van der Waals surface area contributed by atoms with Crippen LogP contribution in [0.5, 0.6) is 0 Å². The Bertz CT molecular complexity index is 714. The molecular formula is C21H25ClN2OS. The van der Waals surface area contributed by atoms with Crippen LogP contribution in [0.1, 0.15) is 30.4 Å². The van der Waals surface area contributed by atoms with E-state index in [2.05, 4.69) is 34.5 Å². The van der Waals surface area contributed by atoms with Gasteiger partial charge in [-0.05, 0) is 61.3 Å². The maximum atomic E-state index is 12.1. The van der Waals surface area contributed by atoms with Crippen LogP contribution in [0.25, 0.3) is 0 Å². The monoisotopic (exact) mass is 388 g/mol. The summed E-state index contributed by atoms with van der Waals surface area (Å²) in [6.45, 7) is 4.01. The van der Waals surface area contributed by atoms with Crippen LogP contribution in [-0.2, 0) is 17.9 Å². The fraction of sp³-hybridized carbons (Fsp3) is 0.381. The second-order valence-corrected chi connectivity index (χ2v) is 8.24. The van der Waals surface area contributed by atoms with Crippen molar-refractivity contribution in [3.05, 3.63) is 64.7 Å². The molecule has 138 valence electrons. The summed E-state index contributed by atoms with van der Waals surface area (Å²) >= 11 is 7.55. The highest BCUT2D eigenvalue weighted by atomic mass is 35.5. The summed E-state index contributed by atoms with van der Waals surface area (Å²) in [5.74, 6) is 0.860. The second kappa shape index (κ2) is 10.0. The quantitative estimate of drug-likeness (QED) is 0.663. The molecule has 3 nitrogen and oxygen atoms in total. The van der Waals surface area contributed by atoms with Gasteiger partial charge in [0.25, 0.3) is 0 Å². The van der Waals surface area contributed by atoms with Gasteiger partial charge in [0.05, 0.1) is 0 Å². The van der Waals surface area contributed by atoms with Crippen molar-refractivity contribution in [2.45, 2.75) is 37.2 Å². The van der Waals surface area contributed by atoms with Gasteiger partial charge in [-0.15, -0.1) is 11.8 Å². The van der Waals surface area contributed by atoms with Crippen LogP contribution in [0.4, 0.5) is 0 Å². The molecule has 0 bridgehead atoms. The lowest BCUT2D eigenvalue weighted by Crippen LogP contribution is -2.23. The number of hydrogen-bond donors (Lipinski definition) is 1. The smallest absolute Gasteiger partial charge is 0.221 e. The van der Waals surface area contributed by atoms with Gasteiger partial charge in [0.15, 0.2) is 0 Å². The average Bonchev–Trinajstić information content (AvgIpc) is 3.15. The predicted octanol–water partition coefficient (Wildman–Crippen LogP) is 4.73. The van der Waals surface area contributed by atoms with Crippen molar-refractivity contribution in [3.63, 3.8) is 0 Å². The van der Waals surface area contributed by atoms with Crippen LogP contribution in [0.2, 0.25) is 5.02 Å². The number of benzene rings is 2. The minimum atomic E-state index is 0.0939. The van der Waals surface area contributed by atoms with Gasteiger partial charge >= 0.3 is 0 Å². The summed E-state index contributed by atoms with van der Waals surface area (Å²) in [4.78, 5) is 15.7. The standard InChI is InChI=1S/C21H25ClN2OS/c22-19-6-8-20(9-7-19)26-13-10-21(25)23-15-17-4-3-5-18(14-17)16-24-11-1-2-12-24/h3-9,14H,1-2,10-13,15-16H2,(H,23,25). The Hall–Kier alpha value is -1.49. The van der Waals surface area contributed by atoms with Crippen molar-refractivity contribution in [2.75, 3.05) is 18.8 Å². The first kappa shape index (κ1) is 19.3. The first-order valence-electron chi connectivity index (χ1n) is 9.14. The highest BCUT2D eigenvalue weighted by molar-refractivity contribution is 7.99. The molecule has 1 heterocycles. The normalized spacial score (nSPS) is 14.5. The molecule has 1 amide bonds. The number of likely N-dealkylation sites (tertiary alicyclic amines) is 1. The molecule has 0 atom stereocenters. The molecule has 0 saturated carbocycles. The van der Waals surface area contributed by atoms with Crippen LogP contribution in [-0.4, -0.2) is 29.6 Å². The van der Waals surface area contributed by atoms with Crippen molar-refractivity contribution < 1.29 is 4.79 Å². The van der Waals surface area contributed by atoms with Crippen LogP contribution >= 0.6 is 23.4 Å². The zero-order chi connectivity index (χ0) is 18.2. The first-order chi connectivity index (χ1) is 12.7. The Morgan fingerprint density at radius 3 is 2.58 bits per heavy atom. The first-order valence-corrected chi connectivity index (χ1v) is 10.5. The maximum absolute atomic E-state index is 12.1. The minimum Gasteiger partial charge on any atom is -0.352 e. The maximum Gasteiger partial charge on any atom is 0.221 e. The molecule has 26 heavy (non-hydrogen) atoms. The van der Waals surface area contributed by atoms with E-state index < -0.39 is 0 Å². The van der Waals surface area contributed by atoms with E-state index in [1.165, 1.54) is 37.1 Å². The topological polar surface area (TPSA) is 32.3 Å². The lowest BCUT2D eigenvalue weighted by atomic mass is 10.1. The molecule has 1 fully saturated rings. The average molecular weight is 389 g/mol. The van der Waals surface area contributed by atoms with E-state index in [-0.39, 0.29) is 5.91 Å². The fourth-order valence-corrected chi connectivity index (χ4v) is 4.10. The molecule has 5 heteroatoms. The van der Waals surface area contributed by atoms with Crippen LogP contribution in [0.3, 0.4) is 0 Å². The number of amides is 1. The van der Waals surface area contributed by atoms with Gasteiger partial charge in [-0.3, -0.25) is 9.69 Å². The SMILES string of the molecule is O=C(CCSc1ccc(Cl)cc1)NCc1cccc(CN2CCCC2)c1. The third kappa shape index (κ3) is 6.35. The van der Waals surface area contributed by atoms with E-state index in [0.717, 1.165) is 22.2 Å². The highest BCUT2D eigenvalue weighted by Gasteiger charge is 2.11. The highest BCUT2D eigenvalue weighted by Crippen LogP contribution is 2.21. The predicted molar refractivity (Wildman–Crippen MR) is 110 cm³/mol. The van der Waals surface area contributed by atoms with Gasteiger partial charge in [0.2, 0.25) is 5.91 Å². The fourth-order valence-electron chi connectivity index (χ4n) is 3.12. The van der Waals surface area contributed by atoms with E-state index in [4.69, 9.17) is 11.6 Å². The molecule has 0 radical (unpaired) electrons. The molecule has 0 spiro atoms. The van der Waals surface area contributed by atoms with Crippen molar-refractivity contribution in [2.24, 2.45) is 0 Å². The Kier molecular flexibility index (Phi) is 7.42. The van der Waals surface area contributed by atoms with Gasteiger partial charge in [-0.2, -0.15) is 0 Å². The van der Waals surface area contributed by atoms with Crippen molar-refractivity contribution in [3.8, 4) is 0 Å². The summed E-state index contributed by atoms with van der Waals surface area (Å²) in [5.41, 5.74) is 2.50. The van der Waals surface area contributed by atoms with Crippen LogP contribution in [0.15, 0.2) is 53.4 Å². The summed E-state index contributed by atoms with van der Waals surface area (Å²) in [7, 11) is 0. The van der Waals surface area contributed by atoms with Gasteiger partial charge < -0.3 is 5.32 Å². The Morgan fingerprint density at radius 2 is 1.81 bits per heavy atom. The van der Waals surface area contributed by atoms with E-state index in [0.29, 0.717) is 13.0 Å². The van der Waals surface area contributed by atoms with E-state index in [9.17, 15) is 4.79 Å². The number of halogens is 1. The van der Waals surface area contributed by atoms with E-state index >= 15 is 0 Å². The van der Waals surface area contributed by atoms with Crippen LogP contribution in [0, 0.1) is 0 Å².